The first-order valence-corrected chi connectivity index (χ1v) is 7.38. The van der Waals surface area contributed by atoms with E-state index in [1.54, 1.807) is 6.07 Å². The third-order valence-corrected chi connectivity index (χ3v) is 3.65. The Morgan fingerprint density at radius 1 is 1.24 bits per heavy atom. The maximum atomic E-state index is 12.7. The van der Waals surface area contributed by atoms with Crippen LogP contribution in [0.1, 0.15) is 23.1 Å². The first kappa shape index (κ1) is 18.6. The Bertz CT molecular complexity index is 844. The summed E-state index contributed by atoms with van der Waals surface area (Å²) < 4.78 is 43.6. The van der Waals surface area contributed by atoms with E-state index in [9.17, 15) is 18.0 Å². The molecule has 130 valence electrons. The second kappa shape index (κ2) is 7.45. The van der Waals surface area contributed by atoms with Crippen molar-refractivity contribution in [3.63, 3.8) is 0 Å². The Balaban J connectivity index is 2.29. The number of carbonyl (C=O) groups is 1. The first-order valence-electron chi connectivity index (χ1n) is 7.00. The number of aryl methyl sites for hydroxylation is 1. The van der Waals surface area contributed by atoms with Gasteiger partial charge < -0.3 is 9.84 Å². The molecule has 0 bridgehead atoms. The van der Waals surface area contributed by atoms with Gasteiger partial charge in [-0.1, -0.05) is 11.6 Å². The van der Waals surface area contributed by atoms with Gasteiger partial charge in [-0.3, -0.25) is 4.79 Å². The lowest BCUT2D eigenvalue weighted by molar-refractivity contribution is -0.138. The van der Waals surface area contributed by atoms with Crippen molar-refractivity contribution >= 4 is 17.6 Å². The van der Waals surface area contributed by atoms with Crippen LogP contribution in [0, 0.1) is 11.3 Å². The lowest BCUT2D eigenvalue weighted by Crippen LogP contribution is -2.05. The topological polar surface area (TPSA) is 70.3 Å². The second-order valence-electron chi connectivity index (χ2n) is 5.07. The summed E-state index contributed by atoms with van der Waals surface area (Å²) in [6.45, 7) is 0. The molecule has 0 atom stereocenters. The molecule has 4 nitrogen and oxygen atoms in total. The lowest BCUT2D eigenvalue weighted by atomic mass is 10.1. The van der Waals surface area contributed by atoms with E-state index in [-0.39, 0.29) is 29.9 Å². The summed E-state index contributed by atoms with van der Waals surface area (Å²) in [7, 11) is 0. The molecule has 25 heavy (non-hydrogen) atoms. The molecular weight excluding hydrogens is 359 g/mol. The molecule has 0 saturated carbocycles. The number of nitrogens with zero attached hydrogens (tertiary/aromatic N) is 1. The van der Waals surface area contributed by atoms with Crippen molar-refractivity contribution in [2.24, 2.45) is 0 Å². The number of benzene rings is 2. The number of nitriles is 1. The van der Waals surface area contributed by atoms with Crippen molar-refractivity contribution < 1.29 is 27.8 Å². The van der Waals surface area contributed by atoms with Crippen LogP contribution < -0.4 is 4.74 Å². The van der Waals surface area contributed by atoms with Gasteiger partial charge in [0.2, 0.25) is 0 Å². The average Bonchev–Trinajstić information content (AvgIpc) is 2.54. The van der Waals surface area contributed by atoms with E-state index in [1.165, 1.54) is 18.2 Å². The van der Waals surface area contributed by atoms with Crippen LogP contribution in [-0.4, -0.2) is 11.1 Å². The van der Waals surface area contributed by atoms with E-state index in [1.807, 2.05) is 0 Å². The van der Waals surface area contributed by atoms with E-state index < -0.39 is 17.7 Å². The smallest absolute Gasteiger partial charge is 0.416 e. The van der Waals surface area contributed by atoms with Crippen LogP contribution in [0.5, 0.6) is 11.5 Å². The Hall–Kier alpha value is -2.72. The molecule has 2 aromatic rings. The number of alkyl halides is 3. The Morgan fingerprint density at radius 3 is 2.56 bits per heavy atom. The lowest BCUT2D eigenvalue weighted by Gasteiger charge is -2.12. The number of halogens is 4. The van der Waals surface area contributed by atoms with Gasteiger partial charge in [0.15, 0.2) is 0 Å². The van der Waals surface area contributed by atoms with Crippen molar-refractivity contribution in [3.8, 4) is 17.6 Å². The van der Waals surface area contributed by atoms with Gasteiger partial charge in [-0.25, -0.2) is 0 Å². The zero-order valence-electron chi connectivity index (χ0n) is 12.6. The van der Waals surface area contributed by atoms with Crippen LogP contribution in [0.15, 0.2) is 36.4 Å². The molecule has 0 aliphatic heterocycles. The highest BCUT2D eigenvalue weighted by molar-refractivity contribution is 6.31. The van der Waals surface area contributed by atoms with Gasteiger partial charge in [-0.15, -0.1) is 0 Å². The number of carboxylic acid groups (broad SMARTS) is 1. The van der Waals surface area contributed by atoms with Gasteiger partial charge in [0, 0.05) is 11.4 Å². The van der Waals surface area contributed by atoms with E-state index >= 15 is 0 Å². The molecular formula is C17H11ClF3NO3. The Morgan fingerprint density at radius 2 is 1.96 bits per heavy atom. The number of ether oxygens (including phenoxy) is 1. The van der Waals surface area contributed by atoms with Crippen LogP contribution in [-0.2, 0) is 17.4 Å². The van der Waals surface area contributed by atoms with Crippen molar-refractivity contribution in [1.29, 1.82) is 5.26 Å². The molecule has 1 N–H and O–H groups in total. The summed E-state index contributed by atoms with van der Waals surface area (Å²) in [6, 6.07) is 8.71. The van der Waals surface area contributed by atoms with E-state index in [2.05, 4.69) is 0 Å². The number of hydrogen-bond donors (Lipinski definition) is 1. The largest absolute Gasteiger partial charge is 0.481 e. The maximum absolute atomic E-state index is 12.7. The fraction of sp³-hybridized carbons (Fsp3) is 0.176. The molecule has 0 aliphatic rings. The average molecular weight is 370 g/mol. The zero-order chi connectivity index (χ0) is 18.6. The third-order valence-electron chi connectivity index (χ3n) is 3.28. The summed E-state index contributed by atoms with van der Waals surface area (Å²) in [4.78, 5) is 10.7. The number of hydrogen-bond acceptors (Lipinski definition) is 3. The molecule has 0 aromatic heterocycles. The summed E-state index contributed by atoms with van der Waals surface area (Å²) in [6.07, 6.45) is -4.52. The van der Waals surface area contributed by atoms with Crippen molar-refractivity contribution in [3.05, 3.63) is 58.1 Å². The summed E-state index contributed by atoms with van der Waals surface area (Å²) in [5, 5.41) is 18.1. The number of aliphatic carboxylic acids is 1. The van der Waals surface area contributed by atoms with Crippen LogP contribution in [0.3, 0.4) is 0 Å². The quantitative estimate of drug-likeness (QED) is 0.801. The first-order chi connectivity index (χ1) is 11.7. The summed E-state index contributed by atoms with van der Waals surface area (Å²) >= 11 is 5.99. The normalized spacial score (nSPS) is 11.0. The van der Waals surface area contributed by atoms with Gasteiger partial charge in [-0.2, -0.15) is 18.4 Å². The summed E-state index contributed by atoms with van der Waals surface area (Å²) in [5.41, 5.74) is -0.696. The third kappa shape index (κ3) is 4.88. The van der Waals surface area contributed by atoms with Gasteiger partial charge in [0.05, 0.1) is 11.1 Å². The molecule has 0 amide bonds. The van der Waals surface area contributed by atoms with E-state index in [4.69, 9.17) is 26.7 Å². The molecule has 2 aromatic carbocycles. The standard InChI is InChI=1S/C17H11ClF3NO3/c18-14-4-3-13(8-10(14)1-6-16(23)24)25-15-5-2-12(17(19,20)21)7-11(15)9-22/h2-5,7-8H,1,6H2,(H,23,24). The predicted octanol–water partition coefficient (Wildman–Crippen LogP) is 5.04. The second-order valence-corrected chi connectivity index (χ2v) is 5.48. The fourth-order valence-corrected chi connectivity index (χ4v) is 2.27. The highest BCUT2D eigenvalue weighted by Gasteiger charge is 2.31. The number of carboxylic acids is 1. The summed E-state index contributed by atoms with van der Waals surface area (Å²) in [5.74, 6) is -0.792. The van der Waals surface area contributed by atoms with Gasteiger partial charge in [0.25, 0.3) is 0 Å². The molecule has 0 fully saturated rings. The molecule has 0 heterocycles. The van der Waals surface area contributed by atoms with Crippen LogP contribution in [0.25, 0.3) is 0 Å². The molecule has 0 unspecified atom stereocenters. The minimum Gasteiger partial charge on any atom is -0.481 e. The molecule has 0 spiro atoms. The highest BCUT2D eigenvalue weighted by Crippen LogP contribution is 2.34. The molecule has 2 rings (SSSR count). The van der Waals surface area contributed by atoms with Gasteiger partial charge in [0.1, 0.15) is 17.6 Å². The fourth-order valence-electron chi connectivity index (χ4n) is 2.06. The molecule has 0 aliphatic carbocycles. The van der Waals surface area contributed by atoms with Gasteiger partial charge >= 0.3 is 12.1 Å². The van der Waals surface area contributed by atoms with Crippen molar-refractivity contribution in [1.82, 2.24) is 0 Å². The van der Waals surface area contributed by atoms with Crippen molar-refractivity contribution in [2.45, 2.75) is 19.0 Å². The van der Waals surface area contributed by atoms with Crippen LogP contribution in [0.4, 0.5) is 13.2 Å². The highest BCUT2D eigenvalue weighted by atomic mass is 35.5. The zero-order valence-corrected chi connectivity index (χ0v) is 13.4. The monoisotopic (exact) mass is 369 g/mol. The Kier molecular flexibility index (Phi) is 5.55. The van der Waals surface area contributed by atoms with Crippen LogP contribution >= 0.6 is 11.6 Å². The number of rotatable bonds is 5. The predicted molar refractivity (Wildman–Crippen MR) is 83.6 cm³/mol. The maximum Gasteiger partial charge on any atom is 0.416 e. The van der Waals surface area contributed by atoms with E-state index in [0.717, 1.165) is 12.1 Å². The van der Waals surface area contributed by atoms with E-state index in [0.29, 0.717) is 16.7 Å². The molecule has 0 radical (unpaired) electrons. The molecule has 0 saturated heterocycles. The molecule has 8 heteroatoms. The minimum atomic E-state index is -4.56. The van der Waals surface area contributed by atoms with Crippen LogP contribution in [0.2, 0.25) is 5.02 Å². The SMILES string of the molecule is N#Cc1cc(C(F)(F)F)ccc1Oc1ccc(Cl)c(CCC(=O)O)c1. The van der Waals surface area contributed by atoms with Gasteiger partial charge in [-0.05, 0) is 48.4 Å². The van der Waals surface area contributed by atoms with Crippen molar-refractivity contribution in [2.75, 3.05) is 0 Å². The Labute approximate surface area is 146 Å². The minimum absolute atomic E-state index is 0.0398.